The first-order valence-corrected chi connectivity index (χ1v) is 9.03. The number of alkyl halides is 2. The van der Waals surface area contributed by atoms with Gasteiger partial charge in [0.2, 0.25) is 5.91 Å². The van der Waals surface area contributed by atoms with E-state index in [1.165, 1.54) is 0 Å². The zero-order valence-corrected chi connectivity index (χ0v) is 15.4. The topological polar surface area (TPSA) is 54.0 Å². The summed E-state index contributed by atoms with van der Waals surface area (Å²) in [5.41, 5.74) is 0.977. The lowest BCUT2D eigenvalue weighted by Gasteiger charge is -2.10. The van der Waals surface area contributed by atoms with Gasteiger partial charge in [-0.1, -0.05) is 0 Å². The normalized spacial score (nSPS) is 19.0. The summed E-state index contributed by atoms with van der Waals surface area (Å²) in [6, 6.07) is 3.25. The van der Waals surface area contributed by atoms with Crippen molar-refractivity contribution < 1.29 is 13.6 Å². The third-order valence-corrected chi connectivity index (χ3v) is 5.57. The van der Waals surface area contributed by atoms with E-state index in [1.54, 1.807) is 22.7 Å². The molecule has 1 atom stereocenters. The van der Waals surface area contributed by atoms with Gasteiger partial charge in [-0.05, 0) is 25.5 Å². The average molecular weight is 394 g/mol. The highest BCUT2D eigenvalue weighted by molar-refractivity contribution is 7.16. The molecule has 0 radical (unpaired) electrons. The van der Waals surface area contributed by atoms with Crippen LogP contribution in [0, 0.1) is 6.92 Å². The van der Waals surface area contributed by atoms with E-state index in [0.29, 0.717) is 13.0 Å². The molecule has 0 bridgehead atoms. The first kappa shape index (κ1) is 19.2. The van der Waals surface area contributed by atoms with E-state index in [9.17, 15) is 13.6 Å². The van der Waals surface area contributed by atoms with Crippen LogP contribution in [-0.2, 0) is 11.2 Å². The summed E-state index contributed by atoms with van der Waals surface area (Å²) >= 11 is 3.25. The van der Waals surface area contributed by atoms with Gasteiger partial charge in [0, 0.05) is 23.2 Å². The summed E-state index contributed by atoms with van der Waals surface area (Å²) in [6.07, 6.45) is 0.258. The van der Waals surface area contributed by atoms with Crippen LogP contribution in [0.2, 0.25) is 0 Å². The Kier molecular flexibility index (Phi) is 6.30. The number of nitrogens with zero attached hydrogens (tertiary/aromatic N) is 1. The fraction of sp³-hybridized carbons (Fsp3) is 0.467. The van der Waals surface area contributed by atoms with Gasteiger partial charge < -0.3 is 5.32 Å². The van der Waals surface area contributed by atoms with Crippen LogP contribution in [0.3, 0.4) is 0 Å². The molecule has 132 valence electrons. The molecule has 1 amide bonds. The average Bonchev–Trinajstić information content (AvgIpc) is 3.18. The molecule has 0 aromatic carbocycles. The molecule has 1 saturated heterocycles. The third-order valence-electron chi connectivity index (χ3n) is 3.63. The van der Waals surface area contributed by atoms with Crippen LogP contribution in [0.25, 0.3) is 10.6 Å². The van der Waals surface area contributed by atoms with Crippen LogP contribution in [0.15, 0.2) is 17.5 Å². The second kappa shape index (κ2) is 7.86. The number of hydrogen-bond acceptors (Lipinski definition) is 5. The SMILES string of the molecule is Cc1nc(-c2ccc(CCNC(=O)C3CC(F)(F)CN3)s2)cs1.Cl. The lowest BCUT2D eigenvalue weighted by molar-refractivity contribution is -0.123. The van der Waals surface area contributed by atoms with Crippen molar-refractivity contribution in [2.45, 2.75) is 31.7 Å². The highest BCUT2D eigenvalue weighted by Gasteiger charge is 2.42. The molecule has 24 heavy (non-hydrogen) atoms. The molecule has 0 spiro atoms. The van der Waals surface area contributed by atoms with Crippen LogP contribution < -0.4 is 10.6 Å². The molecular formula is C15H18ClF2N3OS2. The van der Waals surface area contributed by atoms with Gasteiger partial charge in [-0.15, -0.1) is 35.1 Å². The van der Waals surface area contributed by atoms with E-state index >= 15 is 0 Å². The third kappa shape index (κ3) is 4.72. The Labute approximate surface area is 153 Å². The molecule has 0 saturated carbocycles. The number of halogens is 3. The molecule has 1 fully saturated rings. The molecule has 3 rings (SSSR count). The molecule has 4 nitrogen and oxygen atoms in total. The first-order valence-electron chi connectivity index (χ1n) is 7.33. The van der Waals surface area contributed by atoms with Gasteiger partial charge in [0.1, 0.15) is 0 Å². The van der Waals surface area contributed by atoms with Gasteiger partial charge in [-0.3, -0.25) is 10.1 Å². The smallest absolute Gasteiger partial charge is 0.262 e. The van der Waals surface area contributed by atoms with E-state index < -0.39 is 24.9 Å². The van der Waals surface area contributed by atoms with Crippen molar-refractivity contribution in [2.24, 2.45) is 0 Å². The Morgan fingerprint density at radius 3 is 2.92 bits per heavy atom. The molecule has 2 aromatic heterocycles. The zero-order valence-electron chi connectivity index (χ0n) is 13.0. The van der Waals surface area contributed by atoms with Gasteiger partial charge in [-0.25, -0.2) is 13.8 Å². The Morgan fingerprint density at radius 2 is 2.29 bits per heavy atom. The van der Waals surface area contributed by atoms with Crippen LogP contribution >= 0.6 is 35.1 Å². The minimum atomic E-state index is -2.78. The van der Waals surface area contributed by atoms with Crippen molar-refractivity contribution in [3.05, 3.63) is 27.4 Å². The summed E-state index contributed by atoms with van der Waals surface area (Å²) in [6.45, 7) is 1.99. The molecular weight excluding hydrogens is 376 g/mol. The summed E-state index contributed by atoms with van der Waals surface area (Å²) in [5, 5.41) is 8.34. The summed E-state index contributed by atoms with van der Waals surface area (Å²) in [7, 11) is 0. The number of hydrogen-bond donors (Lipinski definition) is 2. The van der Waals surface area contributed by atoms with Crippen molar-refractivity contribution in [3.63, 3.8) is 0 Å². The number of amides is 1. The lowest BCUT2D eigenvalue weighted by atomic mass is 10.2. The fourth-order valence-electron chi connectivity index (χ4n) is 2.46. The van der Waals surface area contributed by atoms with Crippen molar-refractivity contribution >= 4 is 41.0 Å². The molecule has 3 heterocycles. The van der Waals surface area contributed by atoms with Crippen molar-refractivity contribution in [1.29, 1.82) is 0 Å². The number of aromatic nitrogens is 1. The number of rotatable bonds is 5. The number of carbonyl (C=O) groups excluding carboxylic acids is 1. The molecule has 0 aliphatic carbocycles. The fourth-order valence-corrected chi connectivity index (χ4v) is 4.11. The molecule has 2 aromatic rings. The minimum absolute atomic E-state index is 0. The molecule has 2 N–H and O–H groups in total. The van der Waals surface area contributed by atoms with E-state index in [4.69, 9.17) is 0 Å². The number of thiazole rings is 1. The maximum atomic E-state index is 13.1. The van der Waals surface area contributed by atoms with Gasteiger partial charge >= 0.3 is 0 Å². The highest BCUT2D eigenvalue weighted by atomic mass is 35.5. The Morgan fingerprint density at radius 1 is 1.50 bits per heavy atom. The zero-order chi connectivity index (χ0) is 16.4. The van der Waals surface area contributed by atoms with Crippen LogP contribution in [0.4, 0.5) is 8.78 Å². The summed E-state index contributed by atoms with van der Waals surface area (Å²) in [4.78, 5) is 18.5. The maximum absolute atomic E-state index is 13.1. The second-order valence-corrected chi connectivity index (χ2v) is 7.78. The van der Waals surface area contributed by atoms with Crippen molar-refractivity contribution in [3.8, 4) is 10.6 Å². The van der Waals surface area contributed by atoms with E-state index in [2.05, 4.69) is 15.6 Å². The number of thiophene rings is 1. The lowest BCUT2D eigenvalue weighted by Crippen LogP contribution is -2.41. The molecule has 1 unspecified atom stereocenters. The van der Waals surface area contributed by atoms with Gasteiger partial charge in [-0.2, -0.15) is 0 Å². The second-order valence-electron chi connectivity index (χ2n) is 5.55. The van der Waals surface area contributed by atoms with Crippen molar-refractivity contribution in [2.75, 3.05) is 13.1 Å². The first-order chi connectivity index (χ1) is 10.9. The van der Waals surface area contributed by atoms with E-state index in [0.717, 1.165) is 20.5 Å². The molecule has 9 heteroatoms. The predicted octanol–water partition coefficient (Wildman–Crippen LogP) is 3.26. The van der Waals surface area contributed by atoms with E-state index in [-0.39, 0.29) is 18.3 Å². The highest BCUT2D eigenvalue weighted by Crippen LogP contribution is 2.29. The largest absolute Gasteiger partial charge is 0.354 e. The Hall–Kier alpha value is -1.09. The van der Waals surface area contributed by atoms with Crippen molar-refractivity contribution in [1.82, 2.24) is 15.6 Å². The number of carbonyl (C=O) groups is 1. The Bertz CT molecular complexity index is 704. The minimum Gasteiger partial charge on any atom is -0.354 e. The van der Waals surface area contributed by atoms with Gasteiger partial charge in [0.05, 0.1) is 28.2 Å². The quantitative estimate of drug-likeness (QED) is 0.819. The van der Waals surface area contributed by atoms with Gasteiger partial charge in [0.15, 0.2) is 0 Å². The summed E-state index contributed by atoms with van der Waals surface area (Å²) < 4.78 is 26.1. The predicted molar refractivity (Wildman–Crippen MR) is 95.5 cm³/mol. The van der Waals surface area contributed by atoms with Crippen LogP contribution in [0.5, 0.6) is 0 Å². The Balaban J connectivity index is 0.00000208. The van der Waals surface area contributed by atoms with E-state index in [1.807, 2.05) is 24.4 Å². The maximum Gasteiger partial charge on any atom is 0.262 e. The standard InChI is InChI=1S/C15H17F2N3OS2.ClH/c1-9-20-12(7-22-9)13-3-2-10(23-13)4-5-18-14(21)11-6-15(16,17)8-19-11;/h2-3,7,11,19H,4-6,8H2,1H3,(H,18,21);1H. The molecule has 1 aliphatic rings. The number of nitrogens with one attached hydrogen (secondary N) is 2. The molecule has 1 aliphatic heterocycles. The monoisotopic (exact) mass is 393 g/mol. The number of aryl methyl sites for hydroxylation is 1. The van der Waals surface area contributed by atoms with Crippen LogP contribution in [-0.4, -0.2) is 35.9 Å². The van der Waals surface area contributed by atoms with Crippen LogP contribution in [0.1, 0.15) is 16.3 Å². The van der Waals surface area contributed by atoms with Gasteiger partial charge in [0.25, 0.3) is 5.92 Å². The summed E-state index contributed by atoms with van der Waals surface area (Å²) in [5.74, 6) is -3.13.